The second-order valence-electron chi connectivity index (χ2n) is 10.9. The van der Waals surface area contributed by atoms with E-state index in [1.807, 2.05) is 0 Å². The summed E-state index contributed by atoms with van der Waals surface area (Å²) in [6, 6.07) is 0. The molecule has 1 aliphatic carbocycles. The van der Waals surface area contributed by atoms with Crippen molar-refractivity contribution in [2.75, 3.05) is 6.61 Å². The molecular weight excluding hydrogens is 424 g/mol. The first-order valence-electron chi connectivity index (χ1n) is 13.2. The lowest BCUT2D eigenvalue weighted by molar-refractivity contribution is -0.138. The Labute approximate surface area is 198 Å². The number of unbranched alkanes of at least 4 members (excludes halogenated alkanes) is 8. The van der Waals surface area contributed by atoms with Gasteiger partial charge in [0.2, 0.25) is 10.4 Å². The molecule has 32 heavy (non-hydrogen) atoms. The fraction of sp³-hybridized carbons (Fsp3) is 0.962. The second kappa shape index (κ2) is 15.4. The zero-order chi connectivity index (χ0) is 23.9. The topological polar surface area (TPSA) is 83.5 Å². The van der Waals surface area contributed by atoms with Crippen molar-refractivity contribution in [2.45, 2.75) is 143 Å². The quantitative estimate of drug-likeness (QED) is 0.157. The summed E-state index contributed by atoms with van der Waals surface area (Å²) in [5, 5.41) is 0. The highest BCUT2D eigenvalue weighted by Gasteiger charge is 2.40. The van der Waals surface area contributed by atoms with Crippen LogP contribution in [0.15, 0.2) is 0 Å². The number of rotatable bonds is 13. The summed E-state index contributed by atoms with van der Waals surface area (Å²) in [5.74, 6) is 0.499. The number of carbonyl (C=O) groups excluding carboxylic acids is 1. The van der Waals surface area contributed by atoms with Crippen LogP contribution in [-0.2, 0) is 19.4 Å². The summed E-state index contributed by atoms with van der Waals surface area (Å²) >= 11 is 0. The van der Waals surface area contributed by atoms with Crippen molar-refractivity contribution < 1.29 is 21.9 Å². The number of hydrogen-bond acceptors (Lipinski definition) is 5. The van der Waals surface area contributed by atoms with E-state index in [1.165, 1.54) is 70.6 Å². The molecule has 0 amide bonds. The zero-order valence-corrected chi connectivity index (χ0v) is 21.9. The Kier molecular flexibility index (Phi) is 14.3. The predicted molar refractivity (Wildman–Crippen MR) is 130 cm³/mol. The molecule has 0 heterocycles. The fourth-order valence-corrected chi connectivity index (χ4v) is 5.59. The lowest BCUT2D eigenvalue weighted by Crippen LogP contribution is -2.39. The molecule has 0 N–H and O–H groups in total. The molecule has 0 saturated heterocycles. The van der Waals surface area contributed by atoms with Crippen LogP contribution in [-0.4, -0.2) is 25.4 Å². The van der Waals surface area contributed by atoms with Gasteiger partial charge in [-0.15, -0.1) is 0 Å². The largest absolute Gasteiger partial charge is 0.726 e. The summed E-state index contributed by atoms with van der Waals surface area (Å²) in [4.78, 5) is 13.5. The van der Waals surface area contributed by atoms with Crippen LogP contribution in [0.4, 0.5) is 0 Å². The van der Waals surface area contributed by atoms with E-state index >= 15 is 0 Å². The molecule has 0 aromatic rings. The lowest BCUT2D eigenvalue weighted by Gasteiger charge is -2.37. The van der Waals surface area contributed by atoms with Crippen molar-refractivity contribution in [1.29, 1.82) is 0 Å². The summed E-state index contributed by atoms with van der Waals surface area (Å²) in [5.41, 5.74) is -0.362. The first-order valence-corrected chi connectivity index (χ1v) is 14.6. The van der Waals surface area contributed by atoms with Crippen molar-refractivity contribution in [3.05, 3.63) is 0 Å². The molecule has 0 aromatic heterocycles. The van der Waals surface area contributed by atoms with Crippen LogP contribution in [0.2, 0.25) is 0 Å². The van der Waals surface area contributed by atoms with Gasteiger partial charge in [-0.05, 0) is 25.7 Å². The average molecular weight is 474 g/mol. The van der Waals surface area contributed by atoms with Gasteiger partial charge in [-0.1, -0.05) is 117 Å². The fourth-order valence-electron chi connectivity index (χ4n) is 5.26. The van der Waals surface area contributed by atoms with E-state index in [4.69, 9.17) is 0 Å². The monoisotopic (exact) mass is 473 g/mol. The molecule has 0 aromatic carbocycles. The Morgan fingerprint density at radius 3 is 1.69 bits per heavy atom. The van der Waals surface area contributed by atoms with Gasteiger partial charge in [0.25, 0.3) is 0 Å². The number of carbonyl (C=O) groups is 1. The standard InChI is InChI=1S/C26H50O5S/c1-25(2)20-16-12-8-7-10-14-18-22-26(3,24(25)27)21-17-13-9-5-4-6-11-15-19-23-31-32(28,29)30/h4-23H2,1-3H3,(H,28,29,30)/p-1. The van der Waals surface area contributed by atoms with E-state index in [2.05, 4.69) is 25.0 Å². The highest BCUT2D eigenvalue weighted by Crippen LogP contribution is 2.41. The van der Waals surface area contributed by atoms with Crippen molar-refractivity contribution >= 4 is 16.2 Å². The van der Waals surface area contributed by atoms with E-state index in [-0.39, 0.29) is 17.4 Å². The summed E-state index contributed by atoms with van der Waals surface area (Å²) in [7, 11) is -4.54. The zero-order valence-electron chi connectivity index (χ0n) is 21.1. The van der Waals surface area contributed by atoms with E-state index in [9.17, 15) is 17.8 Å². The van der Waals surface area contributed by atoms with Crippen LogP contribution in [0.1, 0.15) is 143 Å². The Bertz CT molecular complexity index is 614. The molecule has 1 fully saturated rings. The molecule has 0 aliphatic heterocycles. The summed E-state index contributed by atoms with van der Waals surface area (Å²) in [6.07, 6.45) is 21.6. The highest BCUT2D eigenvalue weighted by atomic mass is 32.3. The van der Waals surface area contributed by atoms with Crippen molar-refractivity contribution in [2.24, 2.45) is 10.8 Å². The molecule has 1 unspecified atom stereocenters. The van der Waals surface area contributed by atoms with Gasteiger partial charge in [-0.3, -0.25) is 8.98 Å². The Balaban J connectivity index is 2.25. The third kappa shape index (κ3) is 13.3. The van der Waals surface area contributed by atoms with E-state index in [0.29, 0.717) is 12.2 Å². The second-order valence-corrected chi connectivity index (χ2v) is 12.0. The van der Waals surface area contributed by atoms with Gasteiger partial charge in [0.05, 0.1) is 6.61 Å². The van der Waals surface area contributed by atoms with Gasteiger partial charge in [0, 0.05) is 10.8 Å². The molecule has 1 rings (SSSR count). The maximum atomic E-state index is 13.5. The van der Waals surface area contributed by atoms with E-state index < -0.39 is 10.4 Å². The normalized spacial score (nSPS) is 23.4. The maximum Gasteiger partial charge on any atom is 0.217 e. The smallest absolute Gasteiger partial charge is 0.217 e. The molecule has 1 atom stereocenters. The van der Waals surface area contributed by atoms with Crippen LogP contribution < -0.4 is 0 Å². The van der Waals surface area contributed by atoms with Crippen LogP contribution in [0, 0.1) is 10.8 Å². The molecule has 0 radical (unpaired) electrons. The van der Waals surface area contributed by atoms with E-state index in [0.717, 1.165) is 44.9 Å². The van der Waals surface area contributed by atoms with Crippen molar-refractivity contribution in [3.63, 3.8) is 0 Å². The Morgan fingerprint density at radius 1 is 0.719 bits per heavy atom. The van der Waals surface area contributed by atoms with Gasteiger partial charge < -0.3 is 4.55 Å². The van der Waals surface area contributed by atoms with Crippen LogP contribution in [0.3, 0.4) is 0 Å². The number of ketones is 1. The predicted octanol–water partition coefficient (Wildman–Crippen LogP) is 7.49. The summed E-state index contributed by atoms with van der Waals surface area (Å²) in [6.45, 7) is 6.58. The number of Topliss-reactive ketones (excluding diaryl/α,β-unsaturated/α-hetero) is 1. The van der Waals surface area contributed by atoms with Crippen LogP contribution in [0.25, 0.3) is 0 Å². The molecular formula is C26H49O5S-. The molecule has 5 nitrogen and oxygen atoms in total. The third-order valence-corrected chi connectivity index (χ3v) is 7.75. The molecule has 0 bridgehead atoms. The molecule has 6 heteroatoms. The van der Waals surface area contributed by atoms with Gasteiger partial charge in [-0.2, -0.15) is 0 Å². The van der Waals surface area contributed by atoms with Crippen LogP contribution >= 0.6 is 0 Å². The third-order valence-electron chi connectivity index (χ3n) is 7.29. The van der Waals surface area contributed by atoms with Gasteiger partial charge in [0.1, 0.15) is 5.78 Å². The van der Waals surface area contributed by atoms with E-state index in [1.54, 1.807) is 0 Å². The highest BCUT2D eigenvalue weighted by molar-refractivity contribution is 7.80. The van der Waals surface area contributed by atoms with Gasteiger partial charge in [-0.25, -0.2) is 8.42 Å². The molecule has 1 saturated carbocycles. The van der Waals surface area contributed by atoms with Crippen molar-refractivity contribution in [1.82, 2.24) is 0 Å². The minimum Gasteiger partial charge on any atom is -0.726 e. The molecule has 1 aliphatic rings. The first-order chi connectivity index (χ1) is 15.1. The SMILES string of the molecule is CC1(C)CCCCCCCCCC(C)(CCCCCCCCCCCOS(=O)(=O)[O-])C1=O. The lowest BCUT2D eigenvalue weighted by atomic mass is 9.66. The molecule has 190 valence electrons. The molecule has 0 spiro atoms. The minimum atomic E-state index is -4.54. The Hall–Kier alpha value is -0.460. The first kappa shape index (κ1) is 29.6. The van der Waals surface area contributed by atoms with Gasteiger partial charge in [0.15, 0.2) is 0 Å². The maximum absolute atomic E-state index is 13.5. The minimum absolute atomic E-state index is 0.000126. The average Bonchev–Trinajstić information content (AvgIpc) is 2.71. The summed E-state index contributed by atoms with van der Waals surface area (Å²) < 4.78 is 35.3. The van der Waals surface area contributed by atoms with Crippen molar-refractivity contribution in [3.8, 4) is 0 Å². The van der Waals surface area contributed by atoms with Crippen LogP contribution in [0.5, 0.6) is 0 Å². The van der Waals surface area contributed by atoms with Gasteiger partial charge >= 0.3 is 0 Å². The Morgan fingerprint density at radius 2 is 1.16 bits per heavy atom. The number of hydrogen-bond donors (Lipinski definition) is 0.